The summed E-state index contributed by atoms with van der Waals surface area (Å²) in [5.74, 6) is 0. The number of hydrogen-bond donors (Lipinski definition) is 2. The maximum atomic E-state index is 5.38. The normalized spacial score (nSPS) is 9.77. The Bertz CT molecular complexity index is 322. The van der Waals surface area contributed by atoms with Crippen LogP contribution in [0.25, 0.3) is 0 Å². The average molecular weight is 194 g/mol. The molecule has 0 aliphatic rings. The van der Waals surface area contributed by atoms with Gasteiger partial charge in [-0.2, -0.15) is 0 Å². The molecule has 70 valence electrons. The molecule has 0 atom stereocenters. The summed E-state index contributed by atoms with van der Waals surface area (Å²) in [5, 5.41) is 3.23. The number of nitrogens with two attached hydrogens (primary N) is 1. The second kappa shape index (κ2) is 3.75. The zero-order valence-corrected chi connectivity index (χ0v) is 8.96. The number of anilines is 1. The summed E-state index contributed by atoms with van der Waals surface area (Å²) in [6.45, 7) is 6.26. The SMILES string of the molecule is Cc1cc(NC(N)=S)cc(C)c1C. The fourth-order valence-corrected chi connectivity index (χ4v) is 1.37. The largest absolute Gasteiger partial charge is 0.376 e. The van der Waals surface area contributed by atoms with Crippen molar-refractivity contribution in [1.82, 2.24) is 0 Å². The Balaban J connectivity index is 3.06. The molecule has 0 aromatic heterocycles. The van der Waals surface area contributed by atoms with Gasteiger partial charge in [-0.3, -0.25) is 0 Å². The number of rotatable bonds is 1. The predicted molar refractivity (Wildman–Crippen MR) is 61.1 cm³/mol. The van der Waals surface area contributed by atoms with E-state index in [2.05, 4.69) is 26.1 Å². The summed E-state index contributed by atoms with van der Waals surface area (Å²) in [6.07, 6.45) is 0. The van der Waals surface area contributed by atoms with Crippen LogP contribution in [0.4, 0.5) is 5.69 Å². The maximum absolute atomic E-state index is 5.38. The molecule has 0 heterocycles. The quantitative estimate of drug-likeness (QED) is 0.673. The van der Waals surface area contributed by atoms with Gasteiger partial charge in [-0.05, 0) is 61.8 Å². The summed E-state index contributed by atoms with van der Waals surface area (Å²) < 4.78 is 0. The molecule has 1 rings (SSSR count). The molecule has 0 aliphatic carbocycles. The Morgan fingerprint density at radius 2 is 1.69 bits per heavy atom. The molecule has 0 amide bonds. The number of thiocarbonyl (C=S) groups is 1. The van der Waals surface area contributed by atoms with Gasteiger partial charge in [0.25, 0.3) is 0 Å². The first-order chi connectivity index (χ1) is 6.00. The van der Waals surface area contributed by atoms with Crippen molar-refractivity contribution in [2.75, 3.05) is 5.32 Å². The van der Waals surface area contributed by atoms with E-state index in [1.165, 1.54) is 16.7 Å². The van der Waals surface area contributed by atoms with Crippen LogP contribution in [0.2, 0.25) is 0 Å². The zero-order chi connectivity index (χ0) is 10.0. The van der Waals surface area contributed by atoms with Crippen LogP contribution in [0.1, 0.15) is 16.7 Å². The molecule has 1 aromatic rings. The molecule has 3 N–H and O–H groups in total. The summed E-state index contributed by atoms with van der Waals surface area (Å²) in [5.41, 5.74) is 10.2. The lowest BCUT2D eigenvalue weighted by molar-refractivity contribution is 1.27. The van der Waals surface area contributed by atoms with Crippen LogP contribution in [-0.2, 0) is 0 Å². The summed E-state index contributed by atoms with van der Waals surface area (Å²) in [4.78, 5) is 0. The van der Waals surface area contributed by atoms with Gasteiger partial charge in [-0.15, -0.1) is 0 Å². The van der Waals surface area contributed by atoms with E-state index in [0.717, 1.165) is 5.69 Å². The highest BCUT2D eigenvalue weighted by Gasteiger charge is 2.00. The van der Waals surface area contributed by atoms with Crippen molar-refractivity contribution >= 4 is 23.0 Å². The second-order valence-corrected chi connectivity index (χ2v) is 3.66. The number of nitrogens with one attached hydrogen (secondary N) is 1. The lowest BCUT2D eigenvalue weighted by Crippen LogP contribution is -2.19. The van der Waals surface area contributed by atoms with Gasteiger partial charge in [0.05, 0.1) is 0 Å². The molecule has 0 unspecified atom stereocenters. The predicted octanol–water partition coefficient (Wildman–Crippen LogP) is 2.27. The smallest absolute Gasteiger partial charge is 0.168 e. The van der Waals surface area contributed by atoms with Gasteiger partial charge in [0.15, 0.2) is 5.11 Å². The molecule has 13 heavy (non-hydrogen) atoms. The lowest BCUT2D eigenvalue weighted by atomic mass is 10.0. The van der Waals surface area contributed by atoms with Gasteiger partial charge in [0, 0.05) is 5.69 Å². The summed E-state index contributed by atoms with van der Waals surface area (Å²) >= 11 is 4.76. The second-order valence-electron chi connectivity index (χ2n) is 3.22. The Hall–Kier alpha value is -1.09. The molecule has 0 saturated heterocycles. The van der Waals surface area contributed by atoms with Crippen molar-refractivity contribution in [2.24, 2.45) is 5.73 Å². The molecule has 0 bridgehead atoms. The van der Waals surface area contributed by atoms with Crippen LogP contribution in [0.5, 0.6) is 0 Å². The molecule has 0 aliphatic heterocycles. The van der Waals surface area contributed by atoms with Crippen molar-refractivity contribution in [1.29, 1.82) is 0 Å². The maximum Gasteiger partial charge on any atom is 0.168 e. The topological polar surface area (TPSA) is 38.0 Å². The Kier molecular flexibility index (Phi) is 2.88. The minimum Gasteiger partial charge on any atom is -0.376 e. The average Bonchev–Trinajstić information content (AvgIpc) is 1.98. The highest BCUT2D eigenvalue weighted by Crippen LogP contribution is 2.18. The van der Waals surface area contributed by atoms with Crippen molar-refractivity contribution in [2.45, 2.75) is 20.8 Å². The molecule has 1 aromatic carbocycles. The molecule has 0 radical (unpaired) electrons. The fraction of sp³-hybridized carbons (Fsp3) is 0.300. The van der Waals surface area contributed by atoms with Crippen molar-refractivity contribution in [3.05, 3.63) is 28.8 Å². The molecule has 0 fully saturated rings. The fourth-order valence-electron chi connectivity index (χ4n) is 1.25. The van der Waals surface area contributed by atoms with Crippen molar-refractivity contribution in [3.63, 3.8) is 0 Å². The molecular formula is C10H14N2S. The van der Waals surface area contributed by atoms with Gasteiger partial charge in [0.2, 0.25) is 0 Å². The Morgan fingerprint density at radius 3 is 2.08 bits per heavy atom. The van der Waals surface area contributed by atoms with Gasteiger partial charge in [-0.1, -0.05) is 0 Å². The van der Waals surface area contributed by atoms with E-state index in [9.17, 15) is 0 Å². The van der Waals surface area contributed by atoms with Crippen LogP contribution in [-0.4, -0.2) is 5.11 Å². The third-order valence-electron chi connectivity index (χ3n) is 2.19. The van der Waals surface area contributed by atoms with E-state index in [-0.39, 0.29) is 0 Å². The van der Waals surface area contributed by atoms with Crippen LogP contribution in [0.3, 0.4) is 0 Å². The number of hydrogen-bond acceptors (Lipinski definition) is 1. The van der Waals surface area contributed by atoms with Gasteiger partial charge in [0.1, 0.15) is 0 Å². The van der Waals surface area contributed by atoms with Gasteiger partial charge < -0.3 is 11.1 Å². The molecule has 0 saturated carbocycles. The van der Waals surface area contributed by atoms with E-state index in [1.807, 2.05) is 12.1 Å². The van der Waals surface area contributed by atoms with Crippen LogP contribution < -0.4 is 11.1 Å². The standard InChI is InChI=1S/C10H14N2S/c1-6-4-9(12-10(11)13)5-7(2)8(6)3/h4-5H,1-3H3,(H3,11,12,13). The monoisotopic (exact) mass is 194 g/mol. The number of benzene rings is 1. The van der Waals surface area contributed by atoms with E-state index in [1.54, 1.807) is 0 Å². The van der Waals surface area contributed by atoms with Crippen molar-refractivity contribution < 1.29 is 0 Å². The molecule has 3 heteroatoms. The van der Waals surface area contributed by atoms with E-state index < -0.39 is 0 Å². The lowest BCUT2D eigenvalue weighted by Gasteiger charge is -2.09. The first-order valence-corrected chi connectivity index (χ1v) is 4.56. The van der Waals surface area contributed by atoms with Crippen molar-refractivity contribution in [3.8, 4) is 0 Å². The molecular weight excluding hydrogens is 180 g/mol. The minimum absolute atomic E-state index is 0.308. The first-order valence-electron chi connectivity index (χ1n) is 4.15. The zero-order valence-electron chi connectivity index (χ0n) is 8.14. The van der Waals surface area contributed by atoms with Gasteiger partial charge >= 0.3 is 0 Å². The highest BCUT2D eigenvalue weighted by molar-refractivity contribution is 7.80. The highest BCUT2D eigenvalue weighted by atomic mass is 32.1. The van der Waals surface area contributed by atoms with E-state index in [0.29, 0.717) is 5.11 Å². The number of aryl methyl sites for hydroxylation is 2. The third kappa shape index (κ3) is 2.42. The summed E-state index contributed by atoms with van der Waals surface area (Å²) in [7, 11) is 0. The Morgan fingerprint density at radius 1 is 1.23 bits per heavy atom. The first kappa shape index (κ1) is 9.99. The third-order valence-corrected chi connectivity index (χ3v) is 2.30. The van der Waals surface area contributed by atoms with Crippen LogP contribution in [0, 0.1) is 20.8 Å². The molecule has 0 spiro atoms. The van der Waals surface area contributed by atoms with Gasteiger partial charge in [-0.25, -0.2) is 0 Å². The summed E-state index contributed by atoms with van der Waals surface area (Å²) in [6, 6.07) is 4.09. The van der Waals surface area contributed by atoms with Crippen LogP contribution in [0.15, 0.2) is 12.1 Å². The molecule has 2 nitrogen and oxygen atoms in total. The Labute approximate surface area is 84.1 Å². The van der Waals surface area contributed by atoms with E-state index in [4.69, 9.17) is 18.0 Å². The minimum atomic E-state index is 0.308. The van der Waals surface area contributed by atoms with Crippen LogP contribution >= 0.6 is 12.2 Å². The van der Waals surface area contributed by atoms with E-state index >= 15 is 0 Å².